The predicted molar refractivity (Wildman–Crippen MR) is 81.2 cm³/mol. The van der Waals surface area contributed by atoms with Crippen LogP contribution in [0.1, 0.15) is 26.9 Å². The van der Waals surface area contributed by atoms with E-state index in [0.29, 0.717) is 10.0 Å². The summed E-state index contributed by atoms with van der Waals surface area (Å²) >= 11 is 14.2. The van der Waals surface area contributed by atoms with Crippen LogP contribution in [0.4, 0.5) is 0 Å². The quantitative estimate of drug-likeness (QED) is 0.843. The maximum Gasteiger partial charge on any atom is 0.0686 e. The van der Waals surface area contributed by atoms with Gasteiger partial charge in [0, 0.05) is 9.75 Å². The van der Waals surface area contributed by atoms with Crippen LogP contribution in [0.25, 0.3) is 0 Å². The predicted octanol–water partition coefficient (Wildman–Crippen LogP) is 4.98. The van der Waals surface area contributed by atoms with Gasteiger partial charge in [-0.05, 0) is 44.2 Å². The lowest BCUT2D eigenvalue weighted by Crippen LogP contribution is -2.17. The lowest BCUT2D eigenvalue weighted by Gasteiger charge is -2.18. The van der Waals surface area contributed by atoms with Crippen LogP contribution < -0.4 is 5.32 Å². The molecule has 1 nitrogen and oxygen atoms in total. The first kappa shape index (κ1) is 13.9. The van der Waals surface area contributed by atoms with Crippen molar-refractivity contribution in [3.05, 3.63) is 55.2 Å². The molecule has 0 aliphatic carbocycles. The molecule has 0 radical (unpaired) electrons. The highest BCUT2D eigenvalue weighted by Crippen LogP contribution is 2.37. The molecule has 2 aromatic rings. The molecular formula is C14H15Cl2NS. The van der Waals surface area contributed by atoms with Gasteiger partial charge in [-0.1, -0.05) is 35.3 Å². The van der Waals surface area contributed by atoms with E-state index in [0.717, 1.165) is 5.56 Å². The molecule has 1 heterocycles. The van der Waals surface area contributed by atoms with E-state index < -0.39 is 0 Å². The number of hydrogen-bond donors (Lipinski definition) is 1. The molecule has 0 amide bonds. The molecule has 0 aliphatic heterocycles. The van der Waals surface area contributed by atoms with Crippen LogP contribution in [-0.2, 0) is 0 Å². The molecule has 1 unspecified atom stereocenters. The molecule has 1 N–H and O–H groups in total. The summed E-state index contributed by atoms with van der Waals surface area (Å²) in [6, 6.07) is 8.05. The summed E-state index contributed by atoms with van der Waals surface area (Å²) in [7, 11) is 1.94. The molecule has 1 aromatic carbocycles. The van der Waals surface area contributed by atoms with E-state index in [1.807, 2.05) is 25.2 Å². The first-order chi connectivity index (χ1) is 8.54. The van der Waals surface area contributed by atoms with E-state index in [-0.39, 0.29) is 6.04 Å². The van der Waals surface area contributed by atoms with Gasteiger partial charge in [0.1, 0.15) is 0 Å². The van der Waals surface area contributed by atoms with Crippen LogP contribution in [0.15, 0.2) is 24.3 Å². The van der Waals surface area contributed by atoms with E-state index in [9.17, 15) is 0 Å². The number of aryl methyl sites for hydroxylation is 2. The number of rotatable bonds is 3. The van der Waals surface area contributed by atoms with Crippen LogP contribution in [0, 0.1) is 13.8 Å². The van der Waals surface area contributed by atoms with Crippen LogP contribution >= 0.6 is 34.5 Å². The summed E-state index contributed by atoms with van der Waals surface area (Å²) < 4.78 is 0. The minimum atomic E-state index is 0.0925. The molecule has 0 spiro atoms. The second-order valence-electron chi connectivity index (χ2n) is 4.27. The summed E-state index contributed by atoms with van der Waals surface area (Å²) in [6.07, 6.45) is 0. The largest absolute Gasteiger partial charge is 0.309 e. The zero-order chi connectivity index (χ0) is 13.3. The second-order valence-corrected chi connectivity index (χ2v) is 6.34. The summed E-state index contributed by atoms with van der Waals surface area (Å²) in [6.45, 7) is 4.25. The van der Waals surface area contributed by atoms with E-state index in [4.69, 9.17) is 23.2 Å². The maximum absolute atomic E-state index is 6.31. The van der Waals surface area contributed by atoms with Crippen LogP contribution in [0.5, 0.6) is 0 Å². The highest BCUT2D eigenvalue weighted by molar-refractivity contribution is 7.12. The highest BCUT2D eigenvalue weighted by atomic mass is 35.5. The van der Waals surface area contributed by atoms with E-state index in [1.54, 1.807) is 11.3 Å². The third-order valence-corrected chi connectivity index (χ3v) is 4.97. The number of hydrogen-bond acceptors (Lipinski definition) is 2. The number of nitrogens with one attached hydrogen (secondary N) is 1. The van der Waals surface area contributed by atoms with E-state index >= 15 is 0 Å². The fourth-order valence-corrected chi connectivity index (χ4v) is 3.70. The van der Waals surface area contributed by atoms with Gasteiger partial charge in [0.15, 0.2) is 0 Å². The van der Waals surface area contributed by atoms with Crippen molar-refractivity contribution in [3.8, 4) is 0 Å². The Kier molecular flexibility index (Phi) is 4.33. The Morgan fingerprint density at radius 3 is 2.50 bits per heavy atom. The zero-order valence-corrected chi connectivity index (χ0v) is 12.9. The van der Waals surface area contributed by atoms with Crippen molar-refractivity contribution in [3.63, 3.8) is 0 Å². The van der Waals surface area contributed by atoms with Crippen LogP contribution in [-0.4, -0.2) is 7.05 Å². The van der Waals surface area contributed by atoms with E-state index in [2.05, 4.69) is 25.2 Å². The molecule has 2 rings (SSSR count). The van der Waals surface area contributed by atoms with Gasteiger partial charge in [0.25, 0.3) is 0 Å². The van der Waals surface area contributed by atoms with Crippen molar-refractivity contribution >= 4 is 34.5 Å². The Bertz CT molecular complexity index is 563. The standard InChI is InChI=1S/C14H15Cl2NS/c1-8-7-9(2)18-14(8)13(17-3)10-5-4-6-11(15)12(10)16/h4-7,13,17H,1-3H3. The SMILES string of the molecule is CNC(c1cccc(Cl)c1Cl)c1sc(C)cc1C. The Balaban J connectivity index is 2.52. The molecule has 96 valence electrons. The molecular weight excluding hydrogens is 285 g/mol. The van der Waals surface area contributed by atoms with Crippen LogP contribution in [0.3, 0.4) is 0 Å². The Hall–Kier alpha value is -0.540. The van der Waals surface area contributed by atoms with Crippen molar-refractivity contribution in [1.29, 1.82) is 0 Å². The third-order valence-electron chi connectivity index (χ3n) is 2.92. The third kappa shape index (κ3) is 2.57. The van der Waals surface area contributed by atoms with Crippen molar-refractivity contribution in [2.45, 2.75) is 19.9 Å². The second kappa shape index (κ2) is 5.62. The van der Waals surface area contributed by atoms with Crippen LogP contribution in [0.2, 0.25) is 10.0 Å². The minimum Gasteiger partial charge on any atom is -0.309 e. The lowest BCUT2D eigenvalue weighted by atomic mass is 10.0. The zero-order valence-electron chi connectivity index (χ0n) is 10.6. The molecule has 0 bridgehead atoms. The maximum atomic E-state index is 6.31. The molecule has 18 heavy (non-hydrogen) atoms. The van der Waals surface area contributed by atoms with Crippen molar-refractivity contribution in [1.82, 2.24) is 5.32 Å². The minimum absolute atomic E-state index is 0.0925. The summed E-state index contributed by atoms with van der Waals surface area (Å²) in [5.74, 6) is 0. The molecule has 0 saturated heterocycles. The van der Waals surface area contributed by atoms with Crippen molar-refractivity contribution < 1.29 is 0 Å². The lowest BCUT2D eigenvalue weighted by molar-refractivity contribution is 0.700. The average Bonchev–Trinajstić information content (AvgIpc) is 2.65. The number of benzene rings is 1. The Morgan fingerprint density at radius 2 is 1.94 bits per heavy atom. The molecule has 1 aromatic heterocycles. The van der Waals surface area contributed by atoms with Crippen molar-refractivity contribution in [2.24, 2.45) is 0 Å². The van der Waals surface area contributed by atoms with Crippen molar-refractivity contribution in [2.75, 3.05) is 7.05 Å². The van der Waals surface area contributed by atoms with Gasteiger partial charge in [-0.15, -0.1) is 11.3 Å². The smallest absolute Gasteiger partial charge is 0.0686 e. The molecule has 0 aliphatic rings. The van der Waals surface area contributed by atoms with Gasteiger partial charge in [-0.3, -0.25) is 0 Å². The Morgan fingerprint density at radius 1 is 1.22 bits per heavy atom. The summed E-state index contributed by atoms with van der Waals surface area (Å²) in [4.78, 5) is 2.60. The number of thiophene rings is 1. The van der Waals surface area contributed by atoms with Gasteiger partial charge in [0.2, 0.25) is 0 Å². The molecule has 4 heteroatoms. The fraction of sp³-hybridized carbons (Fsp3) is 0.286. The Labute approximate surface area is 122 Å². The van der Waals surface area contributed by atoms with E-state index in [1.165, 1.54) is 15.3 Å². The molecule has 0 saturated carbocycles. The van der Waals surface area contributed by atoms with Gasteiger partial charge in [0.05, 0.1) is 16.1 Å². The topological polar surface area (TPSA) is 12.0 Å². The first-order valence-corrected chi connectivity index (χ1v) is 7.30. The summed E-state index contributed by atoms with van der Waals surface area (Å²) in [5.41, 5.74) is 2.31. The molecule has 1 atom stereocenters. The van der Waals surface area contributed by atoms with Gasteiger partial charge >= 0.3 is 0 Å². The highest BCUT2D eigenvalue weighted by Gasteiger charge is 2.20. The van der Waals surface area contributed by atoms with Gasteiger partial charge in [-0.2, -0.15) is 0 Å². The fourth-order valence-electron chi connectivity index (χ4n) is 2.12. The summed E-state index contributed by atoms with van der Waals surface area (Å²) in [5, 5.41) is 4.55. The van der Waals surface area contributed by atoms with Gasteiger partial charge in [-0.25, -0.2) is 0 Å². The first-order valence-electron chi connectivity index (χ1n) is 5.72. The number of halogens is 2. The average molecular weight is 300 g/mol. The molecule has 0 fully saturated rings. The normalized spacial score (nSPS) is 12.7. The van der Waals surface area contributed by atoms with Gasteiger partial charge < -0.3 is 5.32 Å². The monoisotopic (exact) mass is 299 g/mol.